The van der Waals surface area contributed by atoms with Crippen LogP contribution in [0.2, 0.25) is 0 Å². The second-order valence-corrected chi connectivity index (χ2v) is 11.3. The molecule has 5 rings (SSSR count). The Bertz CT molecular complexity index is 884. The van der Waals surface area contributed by atoms with Gasteiger partial charge in [-0.1, -0.05) is 13.8 Å². The van der Waals surface area contributed by atoms with E-state index < -0.39 is 0 Å². The van der Waals surface area contributed by atoms with Crippen molar-refractivity contribution in [3.63, 3.8) is 0 Å². The molecule has 1 aliphatic carbocycles. The molecule has 1 aromatic rings. The molecule has 0 aromatic heterocycles. The topological polar surface area (TPSA) is 59.4 Å². The van der Waals surface area contributed by atoms with E-state index in [0.29, 0.717) is 17.5 Å². The van der Waals surface area contributed by atoms with Crippen molar-refractivity contribution >= 4 is 11.6 Å². The van der Waals surface area contributed by atoms with Crippen molar-refractivity contribution in [2.45, 2.75) is 83.2 Å². The van der Waals surface area contributed by atoms with E-state index in [1.54, 1.807) is 0 Å². The molecule has 1 amide bonds. The van der Waals surface area contributed by atoms with Crippen LogP contribution in [0.25, 0.3) is 0 Å². The lowest BCUT2D eigenvalue weighted by Gasteiger charge is -2.43. The van der Waals surface area contributed by atoms with Crippen molar-refractivity contribution in [2.75, 3.05) is 31.1 Å². The third kappa shape index (κ3) is 4.57. The molecule has 4 aliphatic rings. The summed E-state index contributed by atoms with van der Waals surface area (Å²) in [4.78, 5) is 18.6. The number of nitrogens with zero attached hydrogens (tertiary/aromatic N) is 3. The van der Waals surface area contributed by atoms with Crippen LogP contribution in [-0.4, -0.2) is 49.1 Å². The van der Waals surface area contributed by atoms with Gasteiger partial charge in [0, 0.05) is 30.9 Å². The van der Waals surface area contributed by atoms with Crippen LogP contribution < -0.4 is 10.2 Å². The standard InChI is InChI=1S/C28H40N4O/c1-19(2)22-4-6-23(7-5-22)31-13-10-24(11-14-31)32-27-8-3-20(17-29)15-25(27)26(28(32)33)16-21-9-12-30-18-21/h3,8,15,19,21-24,26,30H,4-7,9-14,16,18H2,1-2H3/t21-,22?,23?,26+/m1/s1. The minimum atomic E-state index is -0.0810. The number of benzene rings is 1. The number of rotatable bonds is 5. The fraction of sp³-hybridized carbons (Fsp3) is 0.714. The minimum absolute atomic E-state index is 0.0810. The number of carbonyl (C=O) groups excluding carboxylic acids is 1. The lowest BCUT2D eigenvalue weighted by atomic mass is 9.79. The maximum Gasteiger partial charge on any atom is 0.234 e. The third-order valence-corrected chi connectivity index (χ3v) is 9.12. The molecule has 0 radical (unpaired) electrons. The first-order valence-electron chi connectivity index (χ1n) is 13.4. The van der Waals surface area contributed by atoms with E-state index >= 15 is 0 Å². The zero-order chi connectivity index (χ0) is 22.9. The molecule has 1 saturated carbocycles. The van der Waals surface area contributed by atoms with Gasteiger partial charge < -0.3 is 15.1 Å². The maximum absolute atomic E-state index is 13.7. The van der Waals surface area contributed by atoms with Crippen LogP contribution in [0.15, 0.2) is 18.2 Å². The maximum atomic E-state index is 13.7. The molecule has 2 saturated heterocycles. The van der Waals surface area contributed by atoms with Crippen LogP contribution in [-0.2, 0) is 4.79 Å². The van der Waals surface area contributed by atoms with Crippen LogP contribution in [0, 0.1) is 29.1 Å². The number of piperidine rings is 1. The average Bonchev–Trinajstić information content (AvgIpc) is 3.45. The Morgan fingerprint density at radius 3 is 2.45 bits per heavy atom. The number of hydrogen-bond acceptors (Lipinski definition) is 4. The van der Waals surface area contributed by atoms with Crippen LogP contribution in [0.4, 0.5) is 5.69 Å². The second-order valence-electron chi connectivity index (χ2n) is 11.3. The molecule has 5 heteroatoms. The molecule has 3 heterocycles. The summed E-state index contributed by atoms with van der Waals surface area (Å²) in [6, 6.07) is 9.23. The SMILES string of the molecule is CC(C)C1CCC(N2CCC(N3C(=O)[C@@H](C[C@H]4CCNC4)c4cc(C#N)ccc43)CC2)CC1. The van der Waals surface area contributed by atoms with Gasteiger partial charge in [-0.2, -0.15) is 5.26 Å². The van der Waals surface area contributed by atoms with Crippen LogP contribution in [0.1, 0.15) is 82.3 Å². The number of nitrogens with one attached hydrogen (secondary N) is 1. The fourth-order valence-electron chi connectivity index (χ4n) is 7.04. The van der Waals surface area contributed by atoms with Crippen LogP contribution in [0.5, 0.6) is 0 Å². The van der Waals surface area contributed by atoms with Crippen molar-refractivity contribution in [2.24, 2.45) is 17.8 Å². The van der Waals surface area contributed by atoms with Gasteiger partial charge in [0.25, 0.3) is 0 Å². The normalized spacial score (nSPS) is 31.2. The summed E-state index contributed by atoms with van der Waals surface area (Å²) in [5.74, 6) is 2.47. The van der Waals surface area contributed by atoms with Crippen LogP contribution in [0.3, 0.4) is 0 Å². The fourth-order valence-corrected chi connectivity index (χ4v) is 7.04. The molecule has 1 aromatic carbocycles. The molecule has 3 aliphatic heterocycles. The summed E-state index contributed by atoms with van der Waals surface area (Å²) in [6.45, 7) is 9.02. The van der Waals surface area contributed by atoms with Crippen molar-refractivity contribution in [1.29, 1.82) is 5.26 Å². The molecule has 178 valence electrons. The highest BCUT2D eigenvalue weighted by Crippen LogP contribution is 2.44. The summed E-state index contributed by atoms with van der Waals surface area (Å²) in [5.41, 5.74) is 2.84. The lowest BCUT2D eigenvalue weighted by molar-refractivity contribution is -0.120. The molecule has 0 bridgehead atoms. The van der Waals surface area contributed by atoms with Gasteiger partial charge in [-0.05, 0) is 106 Å². The van der Waals surface area contributed by atoms with Crippen molar-refractivity contribution in [1.82, 2.24) is 10.2 Å². The van der Waals surface area contributed by atoms with E-state index in [4.69, 9.17) is 0 Å². The smallest absolute Gasteiger partial charge is 0.234 e. The van der Waals surface area contributed by atoms with Gasteiger partial charge in [-0.15, -0.1) is 0 Å². The monoisotopic (exact) mass is 448 g/mol. The first kappa shape index (κ1) is 22.9. The summed E-state index contributed by atoms with van der Waals surface area (Å²) in [6.07, 6.45) is 9.61. The Morgan fingerprint density at radius 1 is 1.06 bits per heavy atom. The molecule has 0 unspecified atom stereocenters. The van der Waals surface area contributed by atoms with E-state index in [1.807, 2.05) is 18.2 Å². The average molecular weight is 449 g/mol. The van der Waals surface area contributed by atoms with E-state index in [-0.39, 0.29) is 11.8 Å². The quantitative estimate of drug-likeness (QED) is 0.711. The molecule has 1 N–H and O–H groups in total. The number of likely N-dealkylation sites (tertiary alicyclic amines) is 1. The predicted octanol–water partition coefficient (Wildman–Crippen LogP) is 4.67. The van der Waals surface area contributed by atoms with E-state index in [1.165, 1.54) is 25.7 Å². The summed E-state index contributed by atoms with van der Waals surface area (Å²) >= 11 is 0. The van der Waals surface area contributed by atoms with Crippen molar-refractivity contribution in [3.8, 4) is 6.07 Å². The Balaban J connectivity index is 1.27. The van der Waals surface area contributed by atoms with Gasteiger partial charge in [-0.25, -0.2) is 0 Å². The lowest BCUT2D eigenvalue weighted by Crippen LogP contribution is -2.50. The predicted molar refractivity (Wildman–Crippen MR) is 132 cm³/mol. The van der Waals surface area contributed by atoms with Gasteiger partial charge in [0.1, 0.15) is 0 Å². The van der Waals surface area contributed by atoms with Crippen molar-refractivity contribution < 1.29 is 4.79 Å². The Labute approximate surface area is 199 Å². The summed E-state index contributed by atoms with van der Waals surface area (Å²) < 4.78 is 0. The number of carbonyl (C=O) groups is 1. The third-order valence-electron chi connectivity index (χ3n) is 9.12. The van der Waals surface area contributed by atoms with Gasteiger partial charge in [-0.3, -0.25) is 4.79 Å². The Hall–Kier alpha value is -1.90. The van der Waals surface area contributed by atoms with Gasteiger partial charge >= 0.3 is 0 Å². The minimum Gasteiger partial charge on any atom is -0.316 e. The molecule has 3 fully saturated rings. The number of fused-ring (bicyclic) bond motifs is 1. The highest BCUT2D eigenvalue weighted by Gasteiger charge is 2.43. The molecular formula is C28H40N4O. The highest BCUT2D eigenvalue weighted by molar-refractivity contribution is 6.05. The van der Waals surface area contributed by atoms with Gasteiger partial charge in [0.15, 0.2) is 0 Å². The number of anilines is 1. The summed E-state index contributed by atoms with van der Waals surface area (Å²) in [5, 5.41) is 12.9. The van der Waals surface area contributed by atoms with Crippen LogP contribution >= 0.6 is 0 Å². The number of amides is 1. The van der Waals surface area contributed by atoms with Gasteiger partial charge in [0.2, 0.25) is 5.91 Å². The van der Waals surface area contributed by atoms with Gasteiger partial charge in [0.05, 0.1) is 17.6 Å². The molecule has 0 spiro atoms. The molecule has 33 heavy (non-hydrogen) atoms. The van der Waals surface area contributed by atoms with E-state index in [9.17, 15) is 10.1 Å². The Morgan fingerprint density at radius 2 is 1.82 bits per heavy atom. The Kier molecular flexibility index (Phi) is 6.77. The zero-order valence-electron chi connectivity index (χ0n) is 20.4. The molecule has 2 atom stereocenters. The highest BCUT2D eigenvalue weighted by atomic mass is 16.2. The zero-order valence-corrected chi connectivity index (χ0v) is 20.4. The van der Waals surface area contributed by atoms with E-state index in [0.717, 1.165) is 81.0 Å². The number of hydrogen-bond donors (Lipinski definition) is 1. The second kappa shape index (κ2) is 9.76. The summed E-state index contributed by atoms with van der Waals surface area (Å²) in [7, 11) is 0. The van der Waals surface area contributed by atoms with E-state index in [2.05, 4.69) is 35.0 Å². The molecular weight excluding hydrogens is 408 g/mol. The first-order valence-corrected chi connectivity index (χ1v) is 13.4. The first-order chi connectivity index (χ1) is 16.0. The number of nitriles is 1. The van der Waals surface area contributed by atoms with Crippen molar-refractivity contribution in [3.05, 3.63) is 29.3 Å². The molecule has 5 nitrogen and oxygen atoms in total. The largest absolute Gasteiger partial charge is 0.316 e.